The van der Waals surface area contributed by atoms with E-state index in [1.165, 1.54) is 36.5 Å². The average Bonchev–Trinajstić information content (AvgIpc) is 2.79. The van der Waals surface area contributed by atoms with Crippen molar-refractivity contribution < 1.29 is 32.2 Å². The molecule has 0 aromatic heterocycles. The maximum absolute atomic E-state index is 13.1. The minimum Gasteiger partial charge on any atom is -0.495 e. The molecule has 1 N–H and O–H groups in total. The number of ether oxygens (including phenoxy) is 3. The number of sulfonamides is 1. The van der Waals surface area contributed by atoms with Gasteiger partial charge in [-0.15, -0.1) is 0 Å². The minimum atomic E-state index is -3.91. The Morgan fingerprint density at radius 1 is 1.12 bits per heavy atom. The van der Waals surface area contributed by atoms with E-state index in [-0.39, 0.29) is 42.5 Å². The van der Waals surface area contributed by atoms with Crippen LogP contribution in [0.15, 0.2) is 47.4 Å². The SMILES string of the molecule is COc1ccc(C(=O)OC(C)C(=O)Nc2cccc(C)c2)cc1S(=O)(=O)N1CCOCC1. The number of hydrogen-bond donors (Lipinski definition) is 1. The maximum atomic E-state index is 13.1. The van der Waals surface area contributed by atoms with Crippen molar-refractivity contribution in [3.05, 3.63) is 53.6 Å². The van der Waals surface area contributed by atoms with Crippen LogP contribution in [0.4, 0.5) is 5.69 Å². The average molecular weight is 463 g/mol. The molecule has 1 aliphatic heterocycles. The Bertz CT molecular complexity index is 1100. The Hall–Kier alpha value is -2.95. The first-order valence-electron chi connectivity index (χ1n) is 10.1. The molecule has 1 heterocycles. The lowest BCUT2D eigenvalue weighted by Crippen LogP contribution is -2.40. The lowest BCUT2D eigenvalue weighted by molar-refractivity contribution is -0.123. The summed E-state index contributed by atoms with van der Waals surface area (Å²) in [5.74, 6) is -1.21. The van der Waals surface area contributed by atoms with Crippen LogP contribution < -0.4 is 10.1 Å². The first-order chi connectivity index (χ1) is 15.2. The first kappa shape index (κ1) is 23.7. The smallest absolute Gasteiger partial charge is 0.338 e. The van der Waals surface area contributed by atoms with Gasteiger partial charge in [-0.25, -0.2) is 13.2 Å². The van der Waals surface area contributed by atoms with Crippen LogP contribution in [0.2, 0.25) is 0 Å². The zero-order valence-corrected chi connectivity index (χ0v) is 19.0. The molecule has 1 fully saturated rings. The molecule has 0 radical (unpaired) electrons. The number of hydrogen-bond acceptors (Lipinski definition) is 7. The van der Waals surface area contributed by atoms with Gasteiger partial charge >= 0.3 is 5.97 Å². The van der Waals surface area contributed by atoms with Crippen molar-refractivity contribution in [2.45, 2.75) is 24.8 Å². The number of nitrogens with zero attached hydrogens (tertiary/aromatic N) is 1. The third-order valence-electron chi connectivity index (χ3n) is 4.93. The van der Waals surface area contributed by atoms with Gasteiger partial charge in [0.2, 0.25) is 10.0 Å². The number of rotatable bonds is 7. The number of amides is 1. The molecule has 1 atom stereocenters. The summed E-state index contributed by atoms with van der Waals surface area (Å²) < 4.78 is 43.1. The number of nitrogens with one attached hydrogen (secondary N) is 1. The highest BCUT2D eigenvalue weighted by molar-refractivity contribution is 7.89. The fraction of sp³-hybridized carbons (Fsp3) is 0.364. The summed E-state index contributed by atoms with van der Waals surface area (Å²) in [6.45, 7) is 4.32. The Labute approximate surface area is 187 Å². The van der Waals surface area contributed by atoms with Gasteiger partial charge in [-0.2, -0.15) is 4.31 Å². The summed E-state index contributed by atoms with van der Waals surface area (Å²) in [4.78, 5) is 24.9. The summed E-state index contributed by atoms with van der Waals surface area (Å²) in [5, 5.41) is 2.69. The number of benzene rings is 2. The Morgan fingerprint density at radius 3 is 2.50 bits per heavy atom. The summed E-state index contributed by atoms with van der Waals surface area (Å²) in [6.07, 6.45) is -1.09. The van der Waals surface area contributed by atoms with Crippen molar-refractivity contribution in [1.29, 1.82) is 0 Å². The van der Waals surface area contributed by atoms with Gasteiger partial charge in [0.15, 0.2) is 6.10 Å². The van der Waals surface area contributed by atoms with Gasteiger partial charge in [-0.3, -0.25) is 4.79 Å². The predicted molar refractivity (Wildman–Crippen MR) is 117 cm³/mol. The molecule has 0 bridgehead atoms. The molecule has 0 spiro atoms. The Kier molecular flexibility index (Phi) is 7.49. The third kappa shape index (κ3) is 5.45. The fourth-order valence-electron chi connectivity index (χ4n) is 3.18. The zero-order chi connectivity index (χ0) is 23.3. The van der Waals surface area contributed by atoms with Crippen molar-refractivity contribution in [2.24, 2.45) is 0 Å². The van der Waals surface area contributed by atoms with Crippen molar-refractivity contribution in [3.63, 3.8) is 0 Å². The second-order valence-corrected chi connectivity index (χ2v) is 9.19. The Morgan fingerprint density at radius 2 is 1.84 bits per heavy atom. The molecule has 0 saturated carbocycles. The molecule has 1 unspecified atom stereocenters. The van der Waals surface area contributed by atoms with Gasteiger partial charge in [0.25, 0.3) is 5.91 Å². The summed E-state index contributed by atoms with van der Waals surface area (Å²) >= 11 is 0. The molecule has 2 aromatic rings. The van der Waals surface area contributed by atoms with Crippen molar-refractivity contribution in [3.8, 4) is 5.75 Å². The van der Waals surface area contributed by atoms with Crippen LogP contribution in [0.5, 0.6) is 5.75 Å². The standard InChI is InChI=1S/C22H26N2O7S/c1-15-5-4-6-18(13-15)23-21(25)16(2)31-22(26)17-7-8-19(29-3)20(14-17)32(27,28)24-9-11-30-12-10-24/h4-8,13-14,16H,9-12H2,1-3H3,(H,23,25). The third-order valence-corrected chi connectivity index (χ3v) is 6.85. The molecule has 32 heavy (non-hydrogen) atoms. The minimum absolute atomic E-state index is 0.00663. The maximum Gasteiger partial charge on any atom is 0.338 e. The first-order valence-corrected chi connectivity index (χ1v) is 11.5. The van der Waals surface area contributed by atoms with Crippen molar-refractivity contribution in [2.75, 3.05) is 38.7 Å². The van der Waals surface area contributed by atoms with E-state index in [0.29, 0.717) is 5.69 Å². The van der Waals surface area contributed by atoms with Crippen LogP contribution in [0.1, 0.15) is 22.8 Å². The van der Waals surface area contributed by atoms with E-state index in [0.717, 1.165) is 5.56 Å². The molecule has 0 aliphatic carbocycles. The highest BCUT2D eigenvalue weighted by atomic mass is 32.2. The Balaban J connectivity index is 1.76. The normalized spacial score (nSPS) is 15.6. The number of esters is 1. The molecule has 1 saturated heterocycles. The number of anilines is 1. The van der Waals surface area contributed by atoms with E-state index in [9.17, 15) is 18.0 Å². The van der Waals surface area contributed by atoms with Crippen molar-refractivity contribution >= 4 is 27.6 Å². The number of morpholine rings is 1. The van der Waals surface area contributed by atoms with Gasteiger partial charge in [-0.05, 0) is 49.7 Å². The highest BCUT2D eigenvalue weighted by Crippen LogP contribution is 2.29. The van der Waals surface area contributed by atoms with E-state index in [1.807, 2.05) is 13.0 Å². The van der Waals surface area contributed by atoms with Crippen LogP contribution in [-0.4, -0.2) is 64.1 Å². The molecule has 1 amide bonds. The van der Waals surface area contributed by atoms with E-state index < -0.39 is 28.0 Å². The van der Waals surface area contributed by atoms with Crippen LogP contribution in [0.25, 0.3) is 0 Å². The molecule has 9 nitrogen and oxygen atoms in total. The quantitative estimate of drug-likeness (QED) is 0.628. The van der Waals surface area contributed by atoms with E-state index >= 15 is 0 Å². The summed E-state index contributed by atoms with van der Waals surface area (Å²) in [6, 6.07) is 11.2. The number of methoxy groups -OCH3 is 1. The molecule has 172 valence electrons. The van der Waals surface area contributed by atoms with Crippen molar-refractivity contribution in [1.82, 2.24) is 4.31 Å². The molecule has 1 aliphatic rings. The van der Waals surface area contributed by atoms with E-state index in [2.05, 4.69) is 5.32 Å². The van der Waals surface area contributed by atoms with Gasteiger partial charge in [0.05, 0.1) is 25.9 Å². The fourth-order valence-corrected chi connectivity index (χ4v) is 4.77. The molecule has 3 rings (SSSR count). The van der Waals surface area contributed by atoms with Crippen LogP contribution in [0.3, 0.4) is 0 Å². The monoisotopic (exact) mass is 462 g/mol. The van der Waals surface area contributed by atoms with Gasteiger partial charge in [-0.1, -0.05) is 12.1 Å². The van der Waals surface area contributed by atoms with Gasteiger partial charge < -0.3 is 19.5 Å². The van der Waals surface area contributed by atoms with Gasteiger partial charge in [0.1, 0.15) is 10.6 Å². The lowest BCUT2D eigenvalue weighted by Gasteiger charge is -2.26. The molecule has 10 heteroatoms. The van der Waals surface area contributed by atoms with Crippen LogP contribution in [0, 0.1) is 6.92 Å². The summed E-state index contributed by atoms with van der Waals surface area (Å²) in [7, 11) is -2.56. The number of carbonyl (C=O) groups excluding carboxylic acids is 2. The number of aryl methyl sites for hydroxylation is 1. The zero-order valence-electron chi connectivity index (χ0n) is 18.2. The summed E-state index contributed by atoms with van der Waals surface area (Å²) in [5.41, 5.74) is 1.55. The molecular weight excluding hydrogens is 436 g/mol. The topological polar surface area (TPSA) is 111 Å². The van der Waals surface area contributed by atoms with E-state index in [1.54, 1.807) is 18.2 Å². The van der Waals surface area contributed by atoms with Crippen LogP contribution in [-0.2, 0) is 24.3 Å². The lowest BCUT2D eigenvalue weighted by atomic mass is 10.2. The molecular formula is C22H26N2O7S. The van der Waals surface area contributed by atoms with Crippen LogP contribution >= 0.6 is 0 Å². The second kappa shape index (κ2) is 10.1. The largest absolute Gasteiger partial charge is 0.495 e. The highest BCUT2D eigenvalue weighted by Gasteiger charge is 2.30. The number of carbonyl (C=O) groups is 2. The van der Waals surface area contributed by atoms with E-state index in [4.69, 9.17) is 14.2 Å². The second-order valence-electron chi connectivity index (χ2n) is 7.29. The molecule has 2 aromatic carbocycles. The van der Waals surface area contributed by atoms with Gasteiger partial charge in [0, 0.05) is 18.8 Å². The predicted octanol–water partition coefficient (Wildman–Crippen LogP) is 2.21.